The molecule has 4 rings (SSSR count). The minimum Gasteiger partial charge on any atom is -0.493 e. The van der Waals surface area contributed by atoms with Crippen molar-refractivity contribution in [2.75, 3.05) is 20.3 Å². The van der Waals surface area contributed by atoms with Gasteiger partial charge in [0.05, 0.1) is 13.7 Å². The Morgan fingerprint density at radius 3 is 2.63 bits per heavy atom. The maximum absolute atomic E-state index is 12.2. The third kappa shape index (κ3) is 7.38. The fourth-order valence-corrected chi connectivity index (χ4v) is 4.64. The van der Waals surface area contributed by atoms with E-state index in [1.165, 1.54) is 7.11 Å². The van der Waals surface area contributed by atoms with Crippen LogP contribution in [0.15, 0.2) is 42.7 Å². The summed E-state index contributed by atoms with van der Waals surface area (Å²) in [6.45, 7) is 8.24. The van der Waals surface area contributed by atoms with Crippen molar-refractivity contribution in [2.45, 2.75) is 52.6 Å². The Bertz CT molecular complexity index is 1550. The lowest BCUT2D eigenvalue weighted by molar-refractivity contribution is 0.0527. The van der Waals surface area contributed by atoms with Gasteiger partial charge in [0.25, 0.3) is 0 Å². The smallest absolute Gasteiger partial charge is 0.407 e. The zero-order chi connectivity index (χ0) is 29.7. The number of nitrogens with one attached hydrogen (secondary N) is 1. The number of halogens is 1. The van der Waals surface area contributed by atoms with Crippen LogP contribution in [-0.2, 0) is 29.4 Å². The van der Waals surface area contributed by atoms with Crippen LogP contribution in [0.25, 0.3) is 16.8 Å². The van der Waals surface area contributed by atoms with E-state index in [2.05, 4.69) is 15.4 Å². The molecule has 1 amide bonds. The highest BCUT2D eigenvalue weighted by Crippen LogP contribution is 2.33. The van der Waals surface area contributed by atoms with Gasteiger partial charge in [-0.05, 0) is 70.9 Å². The summed E-state index contributed by atoms with van der Waals surface area (Å²) in [5.74, 6) is 0.206. The summed E-state index contributed by atoms with van der Waals surface area (Å²) in [6, 6.07) is 9.49. The third-order valence-corrected chi connectivity index (χ3v) is 6.79. The number of pyridine rings is 1. The van der Waals surface area contributed by atoms with Gasteiger partial charge >= 0.3 is 12.1 Å². The Balaban J connectivity index is 1.46. The van der Waals surface area contributed by atoms with Crippen molar-refractivity contribution < 1.29 is 23.8 Å². The fraction of sp³-hybridized carbons (Fsp3) is 0.400. The molecule has 3 aromatic heterocycles. The van der Waals surface area contributed by atoms with Crippen LogP contribution in [0.5, 0.6) is 5.75 Å². The van der Waals surface area contributed by atoms with Crippen LogP contribution in [0.3, 0.4) is 0 Å². The van der Waals surface area contributed by atoms with Crippen molar-refractivity contribution in [1.29, 1.82) is 0 Å². The lowest BCUT2D eigenvalue weighted by Crippen LogP contribution is -2.33. The van der Waals surface area contributed by atoms with E-state index in [1.54, 1.807) is 24.0 Å². The number of nitrogens with zero attached hydrogens (tertiary/aromatic N) is 4. The normalized spacial score (nSPS) is 11.5. The van der Waals surface area contributed by atoms with Crippen molar-refractivity contribution in [1.82, 2.24) is 24.5 Å². The molecule has 0 aliphatic rings. The summed E-state index contributed by atoms with van der Waals surface area (Å²) >= 11 is 6.33. The number of carbonyl (C=O) groups is 2. The van der Waals surface area contributed by atoms with Crippen molar-refractivity contribution in [3.05, 3.63) is 70.4 Å². The van der Waals surface area contributed by atoms with Gasteiger partial charge in [-0.2, -0.15) is 5.10 Å². The van der Waals surface area contributed by atoms with Gasteiger partial charge in [-0.25, -0.2) is 14.6 Å². The molecule has 11 heteroatoms. The average molecular weight is 582 g/mol. The molecule has 10 nitrogen and oxygen atoms in total. The highest BCUT2D eigenvalue weighted by molar-refractivity contribution is 6.30. The zero-order valence-electron chi connectivity index (χ0n) is 24.3. The van der Waals surface area contributed by atoms with Crippen LogP contribution < -0.4 is 10.1 Å². The maximum Gasteiger partial charge on any atom is 0.407 e. The topological polar surface area (TPSA) is 109 Å². The van der Waals surface area contributed by atoms with Gasteiger partial charge in [-0.1, -0.05) is 11.6 Å². The largest absolute Gasteiger partial charge is 0.493 e. The molecule has 0 bridgehead atoms. The van der Waals surface area contributed by atoms with Crippen LogP contribution in [0.1, 0.15) is 54.6 Å². The van der Waals surface area contributed by atoms with E-state index in [-0.39, 0.29) is 0 Å². The number of imidazole rings is 1. The molecule has 0 atom stereocenters. The number of alkyl carbamates (subject to hydrolysis) is 1. The molecule has 1 aromatic carbocycles. The SMILES string of the molecule is COC(=O)c1nn(C)c(C)c1CCCOc1cc(Cl)ccc1-c1ccc2ncc(CCNC(=O)OC(C)(C)C)n2c1. The van der Waals surface area contributed by atoms with Crippen LogP contribution in [0, 0.1) is 6.92 Å². The number of hydrogen-bond donors (Lipinski definition) is 1. The lowest BCUT2D eigenvalue weighted by atomic mass is 10.1. The van der Waals surface area contributed by atoms with Gasteiger partial charge in [0.2, 0.25) is 0 Å². The van der Waals surface area contributed by atoms with Crippen LogP contribution in [0.2, 0.25) is 5.02 Å². The third-order valence-electron chi connectivity index (χ3n) is 6.55. The predicted octanol–water partition coefficient (Wildman–Crippen LogP) is 5.56. The quantitative estimate of drug-likeness (QED) is 0.193. The molecule has 4 aromatic rings. The molecular formula is C30H36ClN5O5. The molecule has 0 aliphatic heterocycles. The minimum atomic E-state index is -0.551. The van der Waals surface area contributed by atoms with Crippen molar-refractivity contribution in [2.24, 2.45) is 7.05 Å². The van der Waals surface area contributed by atoms with Gasteiger partial charge in [0, 0.05) is 65.5 Å². The summed E-state index contributed by atoms with van der Waals surface area (Å²) < 4.78 is 20.1. The van der Waals surface area contributed by atoms with Crippen LogP contribution in [-0.4, -0.2) is 57.1 Å². The van der Waals surface area contributed by atoms with Crippen molar-refractivity contribution >= 4 is 29.3 Å². The van der Waals surface area contributed by atoms with E-state index < -0.39 is 17.7 Å². The maximum atomic E-state index is 12.2. The highest BCUT2D eigenvalue weighted by Gasteiger charge is 2.20. The van der Waals surface area contributed by atoms with Gasteiger partial charge in [-0.15, -0.1) is 0 Å². The Kier molecular flexibility index (Phi) is 9.22. The van der Waals surface area contributed by atoms with E-state index in [0.717, 1.165) is 33.7 Å². The summed E-state index contributed by atoms with van der Waals surface area (Å²) in [7, 11) is 3.16. The Morgan fingerprint density at radius 1 is 1.12 bits per heavy atom. The van der Waals surface area contributed by atoms with Crippen LogP contribution >= 0.6 is 11.6 Å². The number of fused-ring (bicyclic) bond motifs is 1. The summed E-state index contributed by atoms with van der Waals surface area (Å²) in [6.07, 6.45) is 5.21. The number of methoxy groups -OCH3 is 1. The number of carbonyl (C=O) groups excluding carboxylic acids is 2. The second kappa shape index (κ2) is 12.6. The predicted molar refractivity (Wildman–Crippen MR) is 157 cm³/mol. The van der Waals surface area contributed by atoms with Gasteiger partial charge in [-0.3, -0.25) is 4.68 Å². The van der Waals surface area contributed by atoms with E-state index in [1.807, 2.05) is 62.6 Å². The van der Waals surface area contributed by atoms with Gasteiger partial charge < -0.3 is 23.9 Å². The molecule has 218 valence electrons. The first-order valence-electron chi connectivity index (χ1n) is 13.4. The minimum absolute atomic E-state index is 0.335. The Labute approximate surface area is 244 Å². The number of amides is 1. The number of aromatic nitrogens is 4. The molecule has 0 radical (unpaired) electrons. The first-order valence-corrected chi connectivity index (χ1v) is 13.8. The summed E-state index contributed by atoms with van der Waals surface area (Å²) in [5, 5.41) is 7.66. The van der Waals surface area contributed by atoms with Crippen molar-refractivity contribution in [3.8, 4) is 16.9 Å². The molecule has 1 N–H and O–H groups in total. The van der Waals surface area contributed by atoms with E-state index in [0.29, 0.717) is 48.9 Å². The van der Waals surface area contributed by atoms with E-state index in [9.17, 15) is 9.59 Å². The zero-order valence-corrected chi connectivity index (χ0v) is 25.0. The molecule has 0 fully saturated rings. The second-order valence-electron chi connectivity index (χ2n) is 10.7. The first kappa shape index (κ1) is 29.9. The molecule has 0 saturated heterocycles. The monoisotopic (exact) mass is 581 g/mol. The molecular weight excluding hydrogens is 546 g/mol. The number of aryl methyl sites for hydroxylation is 1. The van der Waals surface area contributed by atoms with Crippen molar-refractivity contribution in [3.63, 3.8) is 0 Å². The number of hydrogen-bond acceptors (Lipinski definition) is 7. The number of ether oxygens (including phenoxy) is 3. The Hall–Kier alpha value is -4.05. The molecule has 3 heterocycles. The standard InChI is InChI=1S/C30H36ClN5O5/c1-19-23(27(28(37)39-6)34-35(19)5)8-7-15-40-25-16-21(31)10-11-24(25)20-9-12-26-33-17-22(36(26)18-20)13-14-32-29(38)41-30(2,3)4/h9-12,16-18H,7-8,13-15H2,1-6H3,(H,32,38). The number of esters is 1. The first-order chi connectivity index (χ1) is 19.5. The van der Waals surface area contributed by atoms with Crippen LogP contribution in [0.4, 0.5) is 4.79 Å². The van der Waals surface area contributed by atoms with E-state index in [4.69, 9.17) is 25.8 Å². The van der Waals surface area contributed by atoms with Gasteiger partial charge in [0.15, 0.2) is 5.69 Å². The summed E-state index contributed by atoms with van der Waals surface area (Å²) in [4.78, 5) is 28.7. The van der Waals surface area contributed by atoms with E-state index >= 15 is 0 Å². The fourth-order valence-electron chi connectivity index (χ4n) is 4.48. The molecule has 0 spiro atoms. The summed E-state index contributed by atoms with van der Waals surface area (Å²) in [5.41, 5.74) is 5.11. The number of benzene rings is 1. The molecule has 0 unspecified atom stereocenters. The molecule has 0 aliphatic carbocycles. The lowest BCUT2D eigenvalue weighted by Gasteiger charge is -2.19. The average Bonchev–Trinajstić information content (AvgIpc) is 3.45. The molecule has 0 saturated carbocycles. The number of rotatable bonds is 10. The van der Waals surface area contributed by atoms with Gasteiger partial charge in [0.1, 0.15) is 17.0 Å². The highest BCUT2D eigenvalue weighted by atomic mass is 35.5. The Morgan fingerprint density at radius 2 is 1.90 bits per heavy atom. The molecule has 41 heavy (non-hydrogen) atoms. The second-order valence-corrected chi connectivity index (χ2v) is 11.1.